The van der Waals surface area contributed by atoms with Gasteiger partial charge in [0.15, 0.2) is 0 Å². The number of halogens is 4. The molecule has 3 nitrogen and oxygen atoms in total. The number of benzene rings is 1. The second-order valence-corrected chi connectivity index (χ2v) is 4.72. The number of fused-ring (bicyclic) bond motifs is 1. The van der Waals surface area contributed by atoms with Gasteiger partial charge in [-0.1, -0.05) is 6.07 Å². The van der Waals surface area contributed by atoms with Crippen LogP contribution >= 0.6 is 15.9 Å². The third-order valence-corrected chi connectivity index (χ3v) is 3.17. The topological polar surface area (TPSA) is 45.1 Å². The van der Waals surface area contributed by atoms with Crippen LogP contribution in [0.4, 0.5) is 18.9 Å². The third kappa shape index (κ3) is 2.98. The molecule has 0 saturated heterocycles. The zero-order valence-electron chi connectivity index (χ0n) is 9.63. The first kappa shape index (κ1) is 14.1. The van der Waals surface area contributed by atoms with Crippen LogP contribution in [0.1, 0.15) is 5.56 Å². The zero-order valence-corrected chi connectivity index (χ0v) is 11.2. The summed E-state index contributed by atoms with van der Waals surface area (Å²) in [5.74, 6) is 0. The number of hydrogen-bond donors (Lipinski definition) is 2. The van der Waals surface area contributed by atoms with E-state index < -0.39 is 11.7 Å². The Morgan fingerprint density at radius 2 is 2.05 bits per heavy atom. The first-order chi connectivity index (χ1) is 8.93. The van der Waals surface area contributed by atoms with Crippen molar-refractivity contribution >= 4 is 32.5 Å². The summed E-state index contributed by atoms with van der Waals surface area (Å²) in [4.78, 5) is 3.97. The minimum absolute atomic E-state index is 0.0725. The van der Waals surface area contributed by atoms with E-state index in [4.69, 9.17) is 5.11 Å². The van der Waals surface area contributed by atoms with Gasteiger partial charge in [0.05, 0.1) is 27.8 Å². The van der Waals surface area contributed by atoms with Crippen LogP contribution in [0.15, 0.2) is 28.9 Å². The standard InChI is InChI=1S/C12H10BrF3N2O/c13-9-6-18-10-5-7(12(14,15)16)1-2-8(10)11(9)17-3-4-19/h1-2,5-6,19H,3-4H2,(H,17,18). The van der Waals surface area contributed by atoms with E-state index in [1.165, 1.54) is 12.3 Å². The number of hydrogen-bond acceptors (Lipinski definition) is 3. The lowest BCUT2D eigenvalue weighted by Gasteiger charge is -2.12. The maximum Gasteiger partial charge on any atom is 0.416 e. The van der Waals surface area contributed by atoms with Crippen molar-refractivity contribution in [2.75, 3.05) is 18.5 Å². The number of anilines is 1. The normalized spacial score (nSPS) is 11.8. The molecule has 0 amide bonds. The average Bonchev–Trinajstić information content (AvgIpc) is 2.36. The van der Waals surface area contributed by atoms with Gasteiger partial charge in [0.1, 0.15) is 0 Å². The molecule has 2 N–H and O–H groups in total. The van der Waals surface area contributed by atoms with Gasteiger partial charge < -0.3 is 10.4 Å². The molecule has 0 fully saturated rings. The van der Waals surface area contributed by atoms with Crippen molar-refractivity contribution in [3.05, 3.63) is 34.4 Å². The Morgan fingerprint density at radius 3 is 2.68 bits per heavy atom. The summed E-state index contributed by atoms with van der Waals surface area (Å²) < 4.78 is 38.5. The molecule has 1 heterocycles. The summed E-state index contributed by atoms with van der Waals surface area (Å²) in [6.07, 6.45) is -2.95. The first-order valence-corrected chi connectivity index (χ1v) is 6.23. The van der Waals surface area contributed by atoms with E-state index in [0.29, 0.717) is 22.1 Å². The molecule has 19 heavy (non-hydrogen) atoms. The van der Waals surface area contributed by atoms with E-state index in [9.17, 15) is 13.2 Å². The largest absolute Gasteiger partial charge is 0.416 e. The number of rotatable bonds is 3. The Hall–Kier alpha value is -1.34. The molecule has 1 aromatic carbocycles. The molecule has 0 unspecified atom stereocenters. The van der Waals surface area contributed by atoms with Crippen molar-refractivity contribution in [3.63, 3.8) is 0 Å². The van der Waals surface area contributed by atoms with Gasteiger partial charge in [-0.15, -0.1) is 0 Å². The molecule has 0 aliphatic heterocycles. The molecule has 0 bridgehead atoms. The molecule has 7 heteroatoms. The van der Waals surface area contributed by atoms with Crippen LogP contribution in [0, 0.1) is 0 Å². The predicted octanol–water partition coefficient (Wildman–Crippen LogP) is 3.42. The van der Waals surface area contributed by atoms with Gasteiger partial charge in [-0.25, -0.2) is 0 Å². The molecular weight excluding hydrogens is 325 g/mol. The molecule has 2 rings (SSSR count). The molecular formula is C12H10BrF3N2O. The SMILES string of the molecule is OCCNc1c(Br)cnc2cc(C(F)(F)F)ccc12. The lowest BCUT2D eigenvalue weighted by molar-refractivity contribution is -0.137. The van der Waals surface area contributed by atoms with Crippen molar-refractivity contribution < 1.29 is 18.3 Å². The lowest BCUT2D eigenvalue weighted by Crippen LogP contribution is -2.08. The van der Waals surface area contributed by atoms with Crippen LogP contribution in [0.5, 0.6) is 0 Å². The number of aliphatic hydroxyl groups is 1. The Balaban J connectivity index is 2.55. The molecule has 0 radical (unpaired) electrons. The maximum absolute atomic E-state index is 12.6. The Labute approximate surface area is 115 Å². The van der Waals surface area contributed by atoms with Crippen molar-refractivity contribution in [2.45, 2.75) is 6.18 Å². The number of nitrogens with one attached hydrogen (secondary N) is 1. The minimum atomic E-state index is -4.39. The minimum Gasteiger partial charge on any atom is -0.395 e. The molecule has 0 saturated carbocycles. The molecule has 0 aliphatic carbocycles. The fourth-order valence-corrected chi connectivity index (χ4v) is 2.16. The van der Waals surface area contributed by atoms with Gasteiger partial charge in [0, 0.05) is 18.1 Å². The average molecular weight is 335 g/mol. The highest BCUT2D eigenvalue weighted by atomic mass is 79.9. The number of nitrogens with zero attached hydrogens (tertiary/aromatic N) is 1. The first-order valence-electron chi connectivity index (χ1n) is 5.43. The van der Waals surface area contributed by atoms with E-state index in [0.717, 1.165) is 12.1 Å². The monoisotopic (exact) mass is 334 g/mol. The van der Waals surface area contributed by atoms with Crippen LogP contribution in [0.25, 0.3) is 10.9 Å². The lowest BCUT2D eigenvalue weighted by atomic mass is 10.1. The fraction of sp³-hybridized carbons (Fsp3) is 0.250. The second-order valence-electron chi connectivity index (χ2n) is 3.86. The third-order valence-electron chi connectivity index (χ3n) is 2.56. The van der Waals surface area contributed by atoms with E-state index >= 15 is 0 Å². The molecule has 2 aromatic rings. The van der Waals surface area contributed by atoms with Crippen LogP contribution in [-0.2, 0) is 6.18 Å². The fourth-order valence-electron chi connectivity index (χ4n) is 1.71. The summed E-state index contributed by atoms with van der Waals surface area (Å²) in [5, 5.41) is 12.3. The molecule has 0 atom stereocenters. The quantitative estimate of drug-likeness (QED) is 0.904. The summed E-state index contributed by atoms with van der Waals surface area (Å²) in [7, 11) is 0. The summed E-state index contributed by atoms with van der Waals surface area (Å²) in [5.41, 5.74) is 0.133. The summed E-state index contributed by atoms with van der Waals surface area (Å²) in [6.45, 7) is 0.232. The molecule has 0 spiro atoms. The highest BCUT2D eigenvalue weighted by Crippen LogP contribution is 2.35. The van der Waals surface area contributed by atoms with Gasteiger partial charge in [-0.3, -0.25) is 4.98 Å². The van der Waals surface area contributed by atoms with Crippen molar-refractivity contribution in [1.82, 2.24) is 4.98 Å². The van der Waals surface area contributed by atoms with Crippen LogP contribution in [0.2, 0.25) is 0 Å². The van der Waals surface area contributed by atoms with E-state index in [1.807, 2.05) is 0 Å². The van der Waals surface area contributed by atoms with Gasteiger partial charge >= 0.3 is 6.18 Å². The van der Waals surface area contributed by atoms with E-state index in [1.54, 1.807) is 0 Å². The molecule has 102 valence electrons. The van der Waals surface area contributed by atoms with E-state index in [2.05, 4.69) is 26.2 Å². The predicted molar refractivity (Wildman–Crippen MR) is 70.0 cm³/mol. The van der Waals surface area contributed by atoms with Crippen molar-refractivity contribution in [3.8, 4) is 0 Å². The van der Waals surface area contributed by atoms with Crippen LogP contribution in [0.3, 0.4) is 0 Å². The number of pyridine rings is 1. The molecule has 1 aromatic heterocycles. The van der Waals surface area contributed by atoms with Crippen LogP contribution in [-0.4, -0.2) is 23.2 Å². The van der Waals surface area contributed by atoms with Crippen molar-refractivity contribution in [2.24, 2.45) is 0 Å². The Morgan fingerprint density at radius 1 is 1.32 bits per heavy atom. The van der Waals surface area contributed by atoms with Gasteiger partial charge in [0.2, 0.25) is 0 Å². The Kier molecular flexibility index (Phi) is 3.96. The van der Waals surface area contributed by atoms with Gasteiger partial charge in [-0.2, -0.15) is 13.2 Å². The Bertz CT molecular complexity index is 601. The zero-order chi connectivity index (χ0) is 14.0. The van der Waals surface area contributed by atoms with E-state index in [-0.39, 0.29) is 12.1 Å². The number of aromatic nitrogens is 1. The van der Waals surface area contributed by atoms with Crippen molar-refractivity contribution in [1.29, 1.82) is 0 Å². The second kappa shape index (κ2) is 5.34. The highest BCUT2D eigenvalue weighted by molar-refractivity contribution is 9.10. The summed E-state index contributed by atoms with van der Waals surface area (Å²) in [6, 6.07) is 3.39. The number of alkyl halides is 3. The summed E-state index contributed by atoms with van der Waals surface area (Å²) >= 11 is 3.28. The maximum atomic E-state index is 12.6. The number of aliphatic hydroxyl groups excluding tert-OH is 1. The highest BCUT2D eigenvalue weighted by Gasteiger charge is 2.30. The smallest absolute Gasteiger partial charge is 0.395 e. The molecule has 0 aliphatic rings. The van der Waals surface area contributed by atoms with Gasteiger partial charge in [-0.05, 0) is 28.1 Å². The van der Waals surface area contributed by atoms with Gasteiger partial charge in [0.25, 0.3) is 0 Å². The van der Waals surface area contributed by atoms with Crippen LogP contribution < -0.4 is 5.32 Å².